The largest absolute Gasteiger partial charge is 0.472 e. The van der Waals surface area contributed by atoms with E-state index in [2.05, 4.69) is 113 Å². The number of unbranched alkanes of at least 4 members (excludes halogenated alkanes) is 32. The van der Waals surface area contributed by atoms with Crippen molar-refractivity contribution in [2.45, 2.75) is 354 Å². The van der Waals surface area contributed by atoms with Gasteiger partial charge >= 0.3 is 39.5 Å². The van der Waals surface area contributed by atoms with E-state index in [-0.39, 0.29) is 25.7 Å². The molecule has 0 rings (SSSR count). The van der Waals surface area contributed by atoms with Crippen LogP contribution >= 0.6 is 15.6 Å². The number of carbonyl (C=O) groups is 4. The third-order valence-corrected chi connectivity index (χ3v) is 18.4. The number of hydrogen-bond acceptors (Lipinski definition) is 15. The Bertz CT molecular complexity index is 2270. The molecule has 0 heterocycles. The zero-order valence-corrected chi connectivity index (χ0v) is 64.9. The van der Waals surface area contributed by atoms with Crippen molar-refractivity contribution < 1.29 is 80.2 Å². The second-order valence-corrected chi connectivity index (χ2v) is 29.2. The second-order valence-electron chi connectivity index (χ2n) is 26.3. The van der Waals surface area contributed by atoms with Crippen LogP contribution in [0, 0.1) is 0 Å². The molecule has 0 saturated heterocycles. The van der Waals surface area contributed by atoms with E-state index in [9.17, 15) is 43.2 Å². The highest BCUT2D eigenvalue weighted by Gasteiger charge is 2.30. The van der Waals surface area contributed by atoms with E-state index < -0.39 is 97.5 Å². The number of esters is 4. The van der Waals surface area contributed by atoms with Crippen molar-refractivity contribution in [2.75, 3.05) is 39.6 Å². The van der Waals surface area contributed by atoms with Gasteiger partial charge in [0, 0.05) is 25.7 Å². The minimum absolute atomic E-state index is 0.0816. The molecule has 0 aliphatic rings. The fourth-order valence-corrected chi connectivity index (χ4v) is 12.1. The van der Waals surface area contributed by atoms with Crippen LogP contribution in [-0.2, 0) is 65.4 Å². The molecule has 0 aliphatic heterocycles. The first-order valence-corrected chi connectivity index (χ1v) is 42.5. The summed E-state index contributed by atoms with van der Waals surface area (Å²) in [6.07, 6.45) is 76.8. The molecular weight excluding hydrogens is 1310 g/mol. The van der Waals surface area contributed by atoms with Gasteiger partial charge in [-0.1, -0.05) is 285 Å². The lowest BCUT2D eigenvalue weighted by atomic mass is 10.0. The molecule has 0 aromatic carbocycles. The minimum atomic E-state index is -4.99. The first-order valence-electron chi connectivity index (χ1n) is 39.5. The van der Waals surface area contributed by atoms with Gasteiger partial charge in [0.1, 0.15) is 19.3 Å². The average molecular weight is 1450 g/mol. The topological polar surface area (TPSA) is 237 Å². The number of allylic oxidation sites excluding steroid dienone is 16. The maximum Gasteiger partial charge on any atom is 0.472 e. The summed E-state index contributed by atoms with van der Waals surface area (Å²) in [6, 6.07) is 0. The van der Waals surface area contributed by atoms with Crippen LogP contribution < -0.4 is 0 Å². The van der Waals surface area contributed by atoms with E-state index in [0.717, 1.165) is 141 Å². The van der Waals surface area contributed by atoms with Crippen molar-refractivity contribution in [3.8, 4) is 0 Å². The Morgan fingerprint density at radius 2 is 0.530 bits per heavy atom. The summed E-state index contributed by atoms with van der Waals surface area (Å²) in [5, 5.41) is 10.6. The molecule has 0 amide bonds. The second kappa shape index (κ2) is 73.3. The SMILES string of the molecule is CC/C=C\C/C=C\C/C=C\C/C=C\C/C=C\CCCC(=O)OCC(COP(=O)(O)OCC(O)COP(=O)(O)OCC(COC(=O)CCCCCCC/C=C\C/C=C\CCCCC)OC(=O)CCCCCCC/C=C\CCCCCC)OC(=O)CCCCCCCCCCCCCCCCC. The van der Waals surface area contributed by atoms with Crippen molar-refractivity contribution in [3.05, 3.63) is 97.2 Å². The highest BCUT2D eigenvalue weighted by atomic mass is 31.2. The van der Waals surface area contributed by atoms with Crippen LogP contribution in [0.2, 0.25) is 0 Å². The van der Waals surface area contributed by atoms with Gasteiger partial charge in [-0.15, -0.1) is 0 Å². The molecule has 0 aromatic heterocycles. The standard InChI is InChI=1S/C81H142O17P2/c1-5-9-13-17-21-25-29-33-36-37-40-43-46-50-54-58-62-66-79(84)92-72-77(98-81(86)68-64-60-56-52-48-44-39-35-31-27-23-19-15-11-7-3)74-96-100(89,90)94-70-75(82)69-93-99(87,88)95-73-76(97-80(85)67-63-59-55-51-47-41-32-28-24-20-16-12-8-4)71-91-78(83)65-61-57-53-49-45-42-38-34-30-26-22-18-14-10-6-2/h9,13,21-22,25-26,28,32-34,36,38,40,43,50,54,75-77,82H,5-8,10-12,14-20,23-24,27,29-31,35,37,39,41-42,44-49,51-53,55-74H2,1-4H3,(H,87,88)(H,89,90)/b13-9-,25-21-,26-22-,32-28-,36-33-,38-34-,43-40-,54-50-. The molecular formula is C81H142O17P2. The number of ether oxygens (including phenoxy) is 4. The Balaban J connectivity index is 5.39. The highest BCUT2D eigenvalue weighted by molar-refractivity contribution is 7.47. The Kier molecular flexibility index (Phi) is 70.4. The van der Waals surface area contributed by atoms with Crippen molar-refractivity contribution >= 4 is 39.5 Å². The Morgan fingerprint density at radius 1 is 0.290 bits per heavy atom. The van der Waals surface area contributed by atoms with Gasteiger partial charge < -0.3 is 33.8 Å². The molecule has 5 atom stereocenters. The number of aliphatic hydroxyl groups excluding tert-OH is 1. The first-order chi connectivity index (χ1) is 48.7. The summed E-state index contributed by atoms with van der Waals surface area (Å²) in [5.41, 5.74) is 0. The first kappa shape index (κ1) is 96.0. The molecule has 578 valence electrons. The number of phosphoric acid groups is 2. The molecule has 17 nitrogen and oxygen atoms in total. The quantitative estimate of drug-likeness (QED) is 0.0169. The van der Waals surface area contributed by atoms with Gasteiger partial charge in [0.05, 0.1) is 26.4 Å². The van der Waals surface area contributed by atoms with Gasteiger partial charge in [-0.05, 0) is 122 Å². The van der Waals surface area contributed by atoms with Crippen molar-refractivity contribution in [2.24, 2.45) is 0 Å². The molecule has 0 spiro atoms. The fraction of sp³-hybridized carbons (Fsp3) is 0.753. The smallest absolute Gasteiger partial charge is 0.462 e. The van der Waals surface area contributed by atoms with Crippen LogP contribution in [0.3, 0.4) is 0 Å². The van der Waals surface area contributed by atoms with E-state index in [1.807, 2.05) is 12.2 Å². The number of phosphoric ester groups is 2. The Labute approximate surface area is 607 Å². The van der Waals surface area contributed by atoms with E-state index >= 15 is 0 Å². The average Bonchev–Trinajstić information content (AvgIpc) is 1.06. The third-order valence-electron chi connectivity index (χ3n) is 16.5. The summed E-state index contributed by atoms with van der Waals surface area (Å²) in [6.45, 7) is 4.67. The zero-order chi connectivity index (χ0) is 73.2. The highest BCUT2D eigenvalue weighted by Crippen LogP contribution is 2.45. The minimum Gasteiger partial charge on any atom is -0.462 e. The van der Waals surface area contributed by atoms with Crippen LogP contribution in [0.5, 0.6) is 0 Å². The normalized spacial score (nSPS) is 14.4. The molecule has 0 bridgehead atoms. The van der Waals surface area contributed by atoms with E-state index in [1.54, 1.807) is 0 Å². The lowest BCUT2D eigenvalue weighted by Gasteiger charge is -2.21. The molecule has 0 radical (unpaired) electrons. The molecule has 0 aliphatic carbocycles. The summed E-state index contributed by atoms with van der Waals surface area (Å²) in [5.74, 6) is -2.25. The van der Waals surface area contributed by atoms with Crippen LogP contribution in [0.4, 0.5) is 0 Å². The molecule has 0 saturated carbocycles. The van der Waals surface area contributed by atoms with Crippen molar-refractivity contribution in [3.63, 3.8) is 0 Å². The van der Waals surface area contributed by atoms with Gasteiger partial charge in [0.2, 0.25) is 0 Å². The monoisotopic (exact) mass is 1450 g/mol. The van der Waals surface area contributed by atoms with E-state index in [0.29, 0.717) is 32.1 Å². The maximum atomic E-state index is 13.1. The zero-order valence-electron chi connectivity index (χ0n) is 63.1. The molecule has 0 fully saturated rings. The fourth-order valence-electron chi connectivity index (χ4n) is 10.5. The summed E-state index contributed by atoms with van der Waals surface area (Å²) in [4.78, 5) is 72.9. The third kappa shape index (κ3) is 72.3. The number of aliphatic hydroxyl groups is 1. The predicted octanol–water partition coefficient (Wildman–Crippen LogP) is 22.8. The van der Waals surface area contributed by atoms with Gasteiger partial charge in [0.15, 0.2) is 12.2 Å². The van der Waals surface area contributed by atoms with Gasteiger partial charge in [-0.2, -0.15) is 0 Å². The molecule has 5 unspecified atom stereocenters. The summed E-state index contributed by atoms with van der Waals surface area (Å²) in [7, 11) is -9.97. The van der Waals surface area contributed by atoms with E-state index in [1.165, 1.54) is 109 Å². The van der Waals surface area contributed by atoms with Crippen LogP contribution in [0.15, 0.2) is 97.2 Å². The molecule has 100 heavy (non-hydrogen) atoms. The van der Waals surface area contributed by atoms with Crippen LogP contribution in [0.1, 0.15) is 336 Å². The number of carbonyl (C=O) groups excluding carboxylic acids is 4. The van der Waals surface area contributed by atoms with Gasteiger partial charge in [0.25, 0.3) is 0 Å². The summed E-state index contributed by atoms with van der Waals surface area (Å²) < 4.78 is 68.5. The number of rotatable bonds is 74. The Hall–Kier alpha value is -4.02. The van der Waals surface area contributed by atoms with Crippen LogP contribution in [0.25, 0.3) is 0 Å². The molecule has 3 N–H and O–H groups in total. The predicted molar refractivity (Wildman–Crippen MR) is 409 cm³/mol. The lowest BCUT2D eigenvalue weighted by molar-refractivity contribution is -0.161. The Morgan fingerprint density at radius 3 is 0.880 bits per heavy atom. The lowest BCUT2D eigenvalue weighted by Crippen LogP contribution is -2.30. The maximum absolute atomic E-state index is 13.1. The van der Waals surface area contributed by atoms with Gasteiger partial charge in [-0.3, -0.25) is 37.3 Å². The van der Waals surface area contributed by atoms with Crippen molar-refractivity contribution in [1.29, 1.82) is 0 Å². The van der Waals surface area contributed by atoms with E-state index in [4.69, 9.17) is 37.0 Å². The number of hydrogen-bond donors (Lipinski definition) is 3. The molecule has 19 heteroatoms. The summed E-state index contributed by atoms with van der Waals surface area (Å²) >= 11 is 0. The van der Waals surface area contributed by atoms with Crippen LogP contribution in [-0.4, -0.2) is 96.7 Å². The molecule has 0 aromatic rings. The van der Waals surface area contributed by atoms with Gasteiger partial charge in [-0.25, -0.2) is 9.13 Å². The van der Waals surface area contributed by atoms with Crippen molar-refractivity contribution in [1.82, 2.24) is 0 Å².